The van der Waals surface area contributed by atoms with Crippen molar-refractivity contribution in [2.75, 3.05) is 13.1 Å². The molecule has 0 aromatic heterocycles. The molecule has 0 unspecified atom stereocenters. The van der Waals surface area contributed by atoms with Gasteiger partial charge in [-0.1, -0.05) is 66.2 Å². The van der Waals surface area contributed by atoms with Gasteiger partial charge in [-0.15, -0.1) is 0 Å². The molecule has 0 radical (unpaired) electrons. The van der Waals surface area contributed by atoms with Gasteiger partial charge in [-0.3, -0.25) is 4.90 Å². The smallest absolute Gasteiger partial charge is 0.0240 e. The Morgan fingerprint density at radius 2 is 1.85 bits per heavy atom. The standard InChI is InChI=1S/C19H21N/c1-16-7-5-10-18(13-16)19-11-6-12-20(15-19)14-17-8-3-2-4-9-17/h2-5,7-11,13H,6,12,14-15H2,1H3. The second-order valence-electron chi connectivity index (χ2n) is 5.58. The fourth-order valence-electron chi connectivity index (χ4n) is 2.84. The fourth-order valence-corrected chi connectivity index (χ4v) is 2.84. The number of hydrogen-bond donors (Lipinski definition) is 0. The van der Waals surface area contributed by atoms with Crippen LogP contribution in [0.3, 0.4) is 0 Å². The van der Waals surface area contributed by atoms with Crippen LogP contribution >= 0.6 is 0 Å². The largest absolute Gasteiger partial charge is 0.295 e. The van der Waals surface area contributed by atoms with Crippen LogP contribution in [-0.4, -0.2) is 18.0 Å². The molecule has 0 amide bonds. The molecule has 102 valence electrons. The first-order chi connectivity index (χ1) is 9.81. The molecule has 2 aromatic carbocycles. The Hall–Kier alpha value is -1.86. The molecule has 0 aliphatic carbocycles. The summed E-state index contributed by atoms with van der Waals surface area (Å²) in [5.41, 5.74) is 5.58. The van der Waals surface area contributed by atoms with Crippen LogP contribution in [0.25, 0.3) is 5.57 Å². The minimum atomic E-state index is 1.05. The quantitative estimate of drug-likeness (QED) is 0.798. The minimum absolute atomic E-state index is 1.05. The Balaban J connectivity index is 1.72. The average Bonchev–Trinajstić information content (AvgIpc) is 2.49. The highest BCUT2D eigenvalue weighted by molar-refractivity contribution is 5.68. The molecule has 0 spiro atoms. The number of aryl methyl sites for hydroxylation is 1. The summed E-state index contributed by atoms with van der Waals surface area (Å²) in [7, 11) is 0. The third-order valence-electron chi connectivity index (χ3n) is 3.87. The second kappa shape index (κ2) is 6.06. The molecule has 0 bridgehead atoms. The van der Waals surface area contributed by atoms with Gasteiger partial charge < -0.3 is 0 Å². The van der Waals surface area contributed by atoms with Crippen molar-refractivity contribution in [3.05, 3.63) is 77.4 Å². The van der Waals surface area contributed by atoms with E-state index in [0.29, 0.717) is 0 Å². The van der Waals surface area contributed by atoms with Crippen LogP contribution in [0.5, 0.6) is 0 Å². The molecular weight excluding hydrogens is 242 g/mol. The Morgan fingerprint density at radius 1 is 1.00 bits per heavy atom. The van der Waals surface area contributed by atoms with Crippen molar-refractivity contribution < 1.29 is 0 Å². The zero-order valence-corrected chi connectivity index (χ0v) is 12.0. The molecule has 3 rings (SSSR count). The highest BCUT2D eigenvalue weighted by Crippen LogP contribution is 2.22. The van der Waals surface area contributed by atoms with E-state index in [1.165, 1.54) is 22.3 Å². The topological polar surface area (TPSA) is 3.24 Å². The van der Waals surface area contributed by atoms with Gasteiger partial charge in [0.15, 0.2) is 0 Å². The first-order valence-corrected chi connectivity index (χ1v) is 7.33. The normalized spacial score (nSPS) is 15.9. The Morgan fingerprint density at radius 3 is 2.65 bits per heavy atom. The molecule has 1 aliphatic rings. The zero-order valence-electron chi connectivity index (χ0n) is 12.0. The van der Waals surface area contributed by atoms with E-state index < -0.39 is 0 Å². The molecule has 0 N–H and O–H groups in total. The summed E-state index contributed by atoms with van der Waals surface area (Å²) in [6.07, 6.45) is 3.55. The zero-order chi connectivity index (χ0) is 13.8. The lowest BCUT2D eigenvalue weighted by Crippen LogP contribution is -2.29. The van der Waals surface area contributed by atoms with E-state index in [1.807, 2.05) is 0 Å². The molecule has 1 nitrogen and oxygen atoms in total. The van der Waals surface area contributed by atoms with Crippen LogP contribution in [-0.2, 0) is 6.54 Å². The van der Waals surface area contributed by atoms with Gasteiger partial charge in [0.05, 0.1) is 0 Å². The highest BCUT2D eigenvalue weighted by atomic mass is 15.1. The van der Waals surface area contributed by atoms with Crippen molar-refractivity contribution in [2.45, 2.75) is 19.9 Å². The average molecular weight is 263 g/mol. The van der Waals surface area contributed by atoms with Crippen LogP contribution in [0.1, 0.15) is 23.1 Å². The second-order valence-corrected chi connectivity index (χ2v) is 5.58. The molecular formula is C19H21N. The first kappa shape index (κ1) is 13.1. The summed E-state index contributed by atoms with van der Waals surface area (Å²) in [6, 6.07) is 19.6. The highest BCUT2D eigenvalue weighted by Gasteiger charge is 2.14. The van der Waals surface area contributed by atoms with Crippen LogP contribution in [0, 0.1) is 6.92 Å². The molecule has 20 heavy (non-hydrogen) atoms. The summed E-state index contributed by atoms with van der Waals surface area (Å²) >= 11 is 0. The van der Waals surface area contributed by atoms with Crippen LogP contribution in [0.2, 0.25) is 0 Å². The van der Waals surface area contributed by atoms with Crippen LogP contribution in [0.15, 0.2) is 60.7 Å². The molecule has 1 heterocycles. The maximum atomic E-state index is 2.53. The molecule has 0 fully saturated rings. The van der Waals surface area contributed by atoms with Gasteiger partial charge in [0, 0.05) is 19.6 Å². The Bertz CT molecular complexity index is 598. The van der Waals surface area contributed by atoms with Gasteiger partial charge in [-0.2, -0.15) is 0 Å². The molecule has 1 heteroatoms. The third kappa shape index (κ3) is 3.17. The van der Waals surface area contributed by atoms with Gasteiger partial charge in [-0.05, 0) is 30.0 Å². The number of benzene rings is 2. The Labute approximate surface area is 121 Å². The summed E-state index contributed by atoms with van der Waals surface area (Å²) in [5.74, 6) is 0. The third-order valence-corrected chi connectivity index (χ3v) is 3.87. The van der Waals surface area contributed by atoms with Crippen molar-refractivity contribution in [2.24, 2.45) is 0 Å². The maximum Gasteiger partial charge on any atom is 0.0240 e. The molecule has 0 atom stereocenters. The number of hydrogen-bond acceptors (Lipinski definition) is 1. The van der Waals surface area contributed by atoms with E-state index in [2.05, 4.69) is 72.5 Å². The van der Waals surface area contributed by atoms with Crippen molar-refractivity contribution in [3.63, 3.8) is 0 Å². The SMILES string of the molecule is Cc1cccc(C2=CCCN(Cc3ccccc3)C2)c1. The molecule has 0 saturated heterocycles. The lowest BCUT2D eigenvalue weighted by molar-refractivity contribution is 0.296. The summed E-state index contributed by atoms with van der Waals surface area (Å²) in [5, 5.41) is 0. The van der Waals surface area contributed by atoms with Crippen molar-refractivity contribution >= 4 is 5.57 Å². The number of rotatable bonds is 3. The van der Waals surface area contributed by atoms with Crippen molar-refractivity contribution in [1.82, 2.24) is 4.90 Å². The van der Waals surface area contributed by atoms with E-state index in [9.17, 15) is 0 Å². The van der Waals surface area contributed by atoms with E-state index in [4.69, 9.17) is 0 Å². The number of nitrogens with zero attached hydrogens (tertiary/aromatic N) is 1. The van der Waals surface area contributed by atoms with Crippen molar-refractivity contribution in [1.29, 1.82) is 0 Å². The lowest BCUT2D eigenvalue weighted by atomic mass is 9.99. The molecule has 1 aliphatic heterocycles. The van der Waals surface area contributed by atoms with Crippen molar-refractivity contribution in [3.8, 4) is 0 Å². The van der Waals surface area contributed by atoms with Gasteiger partial charge >= 0.3 is 0 Å². The first-order valence-electron chi connectivity index (χ1n) is 7.33. The van der Waals surface area contributed by atoms with Gasteiger partial charge in [0.1, 0.15) is 0 Å². The molecule has 2 aromatic rings. The maximum absolute atomic E-state index is 2.53. The minimum Gasteiger partial charge on any atom is -0.295 e. The summed E-state index contributed by atoms with van der Waals surface area (Å²) < 4.78 is 0. The Kier molecular flexibility index (Phi) is 3.98. The van der Waals surface area contributed by atoms with E-state index in [1.54, 1.807) is 0 Å². The lowest BCUT2D eigenvalue weighted by Gasteiger charge is -2.27. The molecule has 0 saturated carbocycles. The van der Waals surface area contributed by atoms with E-state index in [0.717, 1.165) is 26.1 Å². The predicted molar refractivity (Wildman–Crippen MR) is 85.5 cm³/mol. The van der Waals surface area contributed by atoms with E-state index >= 15 is 0 Å². The predicted octanol–water partition coefficient (Wildman–Crippen LogP) is 4.28. The monoisotopic (exact) mass is 263 g/mol. The van der Waals surface area contributed by atoms with Crippen LogP contribution in [0.4, 0.5) is 0 Å². The fraction of sp³-hybridized carbons (Fsp3) is 0.263. The van der Waals surface area contributed by atoms with E-state index in [-0.39, 0.29) is 0 Å². The summed E-state index contributed by atoms with van der Waals surface area (Å²) in [4.78, 5) is 2.53. The van der Waals surface area contributed by atoms with Gasteiger partial charge in [-0.25, -0.2) is 0 Å². The van der Waals surface area contributed by atoms with Gasteiger partial charge in [0.2, 0.25) is 0 Å². The van der Waals surface area contributed by atoms with Crippen LogP contribution < -0.4 is 0 Å². The van der Waals surface area contributed by atoms with Gasteiger partial charge in [0.25, 0.3) is 0 Å². The summed E-state index contributed by atoms with van der Waals surface area (Å²) in [6.45, 7) is 5.42.